The van der Waals surface area contributed by atoms with Crippen molar-refractivity contribution in [3.05, 3.63) is 29.3 Å². The number of esters is 2. The van der Waals surface area contributed by atoms with E-state index < -0.39 is 11.9 Å². The van der Waals surface area contributed by atoms with E-state index in [-0.39, 0.29) is 17.9 Å². The Bertz CT molecular complexity index is 429. The highest BCUT2D eigenvalue weighted by Gasteiger charge is 2.15. The third-order valence-corrected chi connectivity index (χ3v) is 2.60. The summed E-state index contributed by atoms with van der Waals surface area (Å²) in [7, 11) is 0. The van der Waals surface area contributed by atoms with Crippen LogP contribution in [0.5, 0.6) is 5.75 Å². The van der Waals surface area contributed by atoms with Gasteiger partial charge in [-0.2, -0.15) is 0 Å². The van der Waals surface area contributed by atoms with E-state index in [1.54, 1.807) is 25.1 Å². The zero-order chi connectivity index (χ0) is 12.8. The van der Waals surface area contributed by atoms with E-state index >= 15 is 0 Å². The number of carbonyl (C=O) groups excluding carboxylic acids is 2. The molecule has 1 aromatic rings. The fourth-order valence-corrected chi connectivity index (χ4v) is 1.62. The van der Waals surface area contributed by atoms with Gasteiger partial charge in [-0.25, -0.2) is 4.79 Å². The molecule has 0 heterocycles. The smallest absolute Gasteiger partial charge is 0.341 e. The van der Waals surface area contributed by atoms with Crippen LogP contribution in [0.4, 0.5) is 0 Å². The van der Waals surface area contributed by atoms with Gasteiger partial charge < -0.3 is 9.47 Å². The van der Waals surface area contributed by atoms with Gasteiger partial charge >= 0.3 is 11.9 Å². The molecule has 0 bridgehead atoms. The van der Waals surface area contributed by atoms with Crippen molar-refractivity contribution in [3.8, 4) is 5.75 Å². The van der Waals surface area contributed by atoms with E-state index in [4.69, 9.17) is 9.47 Å². The molecule has 0 aliphatic heterocycles. The molecule has 17 heavy (non-hydrogen) atoms. The molecule has 0 radical (unpaired) electrons. The summed E-state index contributed by atoms with van der Waals surface area (Å²) in [6, 6.07) is 5.00. The lowest BCUT2D eigenvalue weighted by molar-refractivity contribution is -0.131. The lowest BCUT2D eigenvalue weighted by Gasteiger charge is -2.09. The Kier molecular flexibility index (Phi) is 5.15. The second-order valence-electron chi connectivity index (χ2n) is 3.28. The van der Waals surface area contributed by atoms with E-state index in [0.717, 1.165) is 5.56 Å². The minimum absolute atomic E-state index is 0.230. The highest BCUT2D eigenvalue weighted by molar-refractivity contribution is 9.08. The van der Waals surface area contributed by atoms with E-state index in [0.29, 0.717) is 5.33 Å². The van der Waals surface area contributed by atoms with Gasteiger partial charge in [0.05, 0.1) is 6.61 Å². The van der Waals surface area contributed by atoms with Gasteiger partial charge in [0, 0.05) is 12.3 Å². The summed E-state index contributed by atoms with van der Waals surface area (Å²) >= 11 is 3.29. The molecule has 0 saturated heterocycles. The zero-order valence-corrected chi connectivity index (χ0v) is 11.2. The molecule has 0 aliphatic carbocycles. The van der Waals surface area contributed by atoms with Crippen molar-refractivity contribution in [3.63, 3.8) is 0 Å². The van der Waals surface area contributed by atoms with Gasteiger partial charge in [0.25, 0.3) is 0 Å². The maximum absolute atomic E-state index is 11.6. The largest absolute Gasteiger partial charge is 0.462 e. The molecule has 0 saturated carbocycles. The molecule has 0 amide bonds. The normalized spacial score (nSPS) is 9.82. The average molecular weight is 301 g/mol. The second kappa shape index (κ2) is 6.39. The summed E-state index contributed by atoms with van der Waals surface area (Å²) in [5.41, 5.74) is 1.17. The monoisotopic (exact) mass is 300 g/mol. The minimum Gasteiger partial charge on any atom is -0.462 e. The van der Waals surface area contributed by atoms with Crippen molar-refractivity contribution in [2.24, 2.45) is 0 Å². The number of carbonyl (C=O) groups is 2. The number of hydrogen-bond acceptors (Lipinski definition) is 4. The molecule has 1 rings (SSSR count). The molecule has 92 valence electrons. The first-order chi connectivity index (χ1) is 8.08. The number of alkyl halides is 1. The van der Waals surface area contributed by atoms with E-state index in [2.05, 4.69) is 15.9 Å². The summed E-state index contributed by atoms with van der Waals surface area (Å²) in [6.45, 7) is 3.28. The van der Waals surface area contributed by atoms with Crippen LogP contribution >= 0.6 is 15.9 Å². The molecule has 0 fully saturated rings. The van der Waals surface area contributed by atoms with Gasteiger partial charge in [0.15, 0.2) is 0 Å². The van der Waals surface area contributed by atoms with Crippen molar-refractivity contribution in [1.29, 1.82) is 0 Å². The number of hydrogen-bond donors (Lipinski definition) is 0. The molecule has 0 aliphatic rings. The summed E-state index contributed by atoms with van der Waals surface area (Å²) in [5, 5.41) is 0.615. The van der Waals surface area contributed by atoms with E-state index in [9.17, 15) is 9.59 Å². The Morgan fingerprint density at radius 3 is 2.59 bits per heavy atom. The quantitative estimate of drug-likeness (QED) is 0.487. The van der Waals surface area contributed by atoms with Gasteiger partial charge in [-0.05, 0) is 24.6 Å². The van der Waals surface area contributed by atoms with Gasteiger partial charge in [-0.15, -0.1) is 0 Å². The highest BCUT2D eigenvalue weighted by Crippen LogP contribution is 2.23. The Hall–Kier alpha value is -1.36. The van der Waals surface area contributed by atoms with E-state index in [1.807, 2.05) is 0 Å². The van der Waals surface area contributed by atoms with Crippen molar-refractivity contribution in [2.75, 3.05) is 6.61 Å². The molecule has 0 aromatic heterocycles. The van der Waals surface area contributed by atoms with Gasteiger partial charge in [-0.3, -0.25) is 4.79 Å². The van der Waals surface area contributed by atoms with Crippen LogP contribution in [0, 0.1) is 0 Å². The van der Waals surface area contributed by atoms with Crippen molar-refractivity contribution in [1.82, 2.24) is 0 Å². The Morgan fingerprint density at radius 1 is 1.35 bits per heavy atom. The van der Waals surface area contributed by atoms with Gasteiger partial charge in [0.2, 0.25) is 0 Å². The van der Waals surface area contributed by atoms with Gasteiger partial charge in [0.1, 0.15) is 11.3 Å². The molecule has 0 atom stereocenters. The summed E-state index contributed by atoms with van der Waals surface area (Å²) in [5.74, 6) is -0.736. The number of ether oxygens (including phenoxy) is 2. The molecule has 0 spiro atoms. The number of rotatable bonds is 4. The Balaban J connectivity index is 3.09. The fraction of sp³-hybridized carbons (Fsp3) is 0.333. The summed E-state index contributed by atoms with van der Waals surface area (Å²) in [4.78, 5) is 22.6. The van der Waals surface area contributed by atoms with E-state index in [1.165, 1.54) is 6.92 Å². The molecule has 0 unspecified atom stereocenters. The maximum Gasteiger partial charge on any atom is 0.341 e. The molecule has 4 nitrogen and oxygen atoms in total. The van der Waals surface area contributed by atoms with Crippen LogP contribution < -0.4 is 4.74 Å². The topological polar surface area (TPSA) is 52.6 Å². The van der Waals surface area contributed by atoms with Crippen LogP contribution in [0.1, 0.15) is 29.8 Å². The first kappa shape index (κ1) is 13.7. The molecular weight excluding hydrogens is 288 g/mol. The fourth-order valence-electron chi connectivity index (χ4n) is 1.27. The van der Waals surface area contributed by atoms with Crippen LogP contribution in [0.25, 0.3) is 0 Å². The van der Waals surface area contributed by atoms with Crippen LogP contribution in [0.2, 0.25) is 0 Å². The molecular formula is C12H13BrO4. The Labute approximate surface area is 108 Å². The predicted octanol–water partition coefficient (Wildman–Crippen LogP) is 2.68. The number of benzene rings is 1. The molecule has 0 N–H and O–H groups in total. The number of halogens is 1. The third-order valence-electron chi connectivity index (χ3n) is 1.95. The first-order valence-electron chi connectivity index (χ1n) is 5.13. The second-order valence-corrected chi connectivity index (χ2v) is 3.84. The van der Waals surface area contributed by atoms with Gasteiger partial charge in [-0.1, -0.05) is 22.0 Å². The zero-order valence-electron chi connectivity index (χ0n) is 9.66. The predicted molar refractivity (Wildman–Crippen MR) is 66.3 cm³/mol. The van der Waals surface area contributed by atoms with Crippen molar-refractivity contribution >= 4 is 27.9 Å². The Morgan fingerprint density at radius 2 is 2.06 bits per heavy atom. The van der Waals surface area contributed by atoms with Crippen LogP contribution in [-0.4, -0.2) is 18.5 Å². The SMILES string of the molecule is CCOC(=O)c1ccc(CBr)cc1OC(C)=O. The lowest BCUT2D eigenvalue weighted by atomic mass is 10.1. The lowest BCUT2D eigenvalue weighted by Crippen LogP contribution is -2.10. The maximum atomic E-state index is 11.6. The minimum atomic E-state index is -0.495. The van der Waals surface area contributed by atoms with Crippen molar-refractivity contribution < 1.29 is 19.1 Å². The van der Waals surface area contributed by atoms with Crippen LogP contribution in [-0.2, 0) is 14.9 Å². The molecule has 1 aromatic carbocycles. The van der Waals surface area contributed by atoms with Crippen LogP contribution in [0.3, 0.4) is 0 Å². The average Bonchev–Trinajstić information content (AvgIpc) is 2.28. The summed E-state index contributed by atoms with van der Waals surface area (Å²) < 4.78 is 9.88. The molecule has 5 heteroatoms. The standard InChI is InChI=1S/C12H13BrO4/c1-3-16-12(15)10-5-4-9(7-13)6-11(10)17-8(2)14/h4-6H,3,7H2,1-2H3. The van der Waals surface area contributed by atoms with Crippen molar-refractivity contribution in [2.45, 2.75) is 19.2 Å². The highest BCUT2D eigenvalue weighted by atomic mass is 79.9. The summed E-state index contributed by atoms with van der Waals surface area (Å²) in [6.07, 6.45) is 0. The third kappa shape index (κ3) is 3.85. The first-order valence-corrected chi connectivity index (χ1v) is 6.25. The van der Waals surface area contributed by atoms with Crippen LogP contribution in [0.15, 0.2) is 18.2 Å².